The van der Waals surface area contributed by atoms with Crippen LogP contribution in [0.4, 0.5) is 0 Å². The maximum Gasteiger partial charge on any atom is 0.0113 e. The lowest BCUT2D eigenvalue weighted by molar-refractivity contribution is 0.120. The molecule has 0 aromatic rings. The zero-order valence-electron chi connectivity index (χ0n) is 12.6. The van der Waals surface area contributed by atoms with Crippen LogP contribution in [0.2, 0.25) is 0 Å². The van der Waals surface area contributed by atoms with E-state index in [0.717, 1.165) is 24.5 Å². The molecule has 1 N–H and O–H groups in total. The van der Waals surface area contributed by atoms with Crippen LogP contribution >= 0.6 is 0 Å². The van der Waals surface area contributed by atoms with Gasteiger partial charge in [0.1, 0.15) is 0 Å². The molecular weight excluding hydrogens is 234 g/mol. The Kier molecular flexibility index (Phi) is 4.78. The molecule has 2 atom stereocenters. The van der Waals surface area contributed by atoms with Crippen molar-refractivity contribution in [3.63, 3.8) is 0 Å². The molecule has 3 rings (SSSR count). The van der Waals surface area contributed by atoms with Gasteiger partial charge in [0.2, 0.25) is 0 Å². The van der Waals surface area contributed by atoms with Crippen molar-refractivity contribution in [1.82, 2.24) is 15.1 Å². The fourth-order valence-electron chi connectivity index (χ4n) is 4.05. The summed E-state index contributed by atoms with van der Waals surface area (Å²) < 4.78 is 0. The molecular formula is C16H31N3. The summed E-state index contributed by atoms with van der Waals surface area (Å²) in [4.78, 5) is 5.42. The highest BCUT2D eigenvalue weighted by molar-refractivity contribution is 4.88. The van der Waals surface area contributed by atoms with Crippen LogP contribution in [0.5, 0.6) is 0 Å². The predicted octanol–water partition coefficient (Wildman–Crippen LogP) is 1.93. The van der Waals surface area contributed by atoms with Gasteiger partial charge in [-0.25, -0.2) is 0 Å². The van der Waals surface area contributed by atoms with Gasteiger partial charge < -0.3 is 10.2 Å². The van der Waals surface area contributed by atoms with Crippen molar-refractivity contribution < 1.29 is 0 Å². The van der Waals surface area contributed by atoms with Crippen molar-refractivity contribution in [2.45, 2.75) is 57.5 Å². The van der Waals surface area contributed by atoms with E-state index in [4.69, 9.17) is 0 Å². The van der Waals surface area contributed by atoms with Crippen molar-refractivity contribution in [3.05, 3.63) is 0 Å². The van der Waals surface area contributed by atoms with Crippen molar-refractivity contribution >= 4 is 0 Å². The number of nitrogens with zero attached hydrogens (tertiary/aromatic N) is 2. The predicted molar refractivity (Wildman–Crippen MR) is 80.5 cm³/mol. The molecule has 1 saturated heterocycles. The monoisotopic (exact) mass is 265 g/mol. The van der Waals surface area contributed by atoms with E-state index in [1.54, 1.807) is 0 Å². The van der Waals surface area contributed by atoms with Crippen molar-refractivity contribution in [1.29, 1.82) is 0 Å². The zero-order valence-corrected chi connectivity index (χ0v) is 12.6. The van der Waals surface area contributed by atoms with E-state index < -0.39 is 0 Å². The standard InChI is InChI=1S/C16H31N3/c1-2-17-16-5-3-4-14(16)8-9-18-10-12-19(13-11-18)15-6-7-15/h14-17H,2-13H2,1H3. The SMILES string of the molecule is CCNC1CCCC1CCN1CCN(C2CC2)CC1. The van der Waals surface area contributed by atoms with Crippen LogP contribution in [0.25, 0.3) is 0 Å². The van der Waals surface area contributed by atoms with E-state index in [1.165, 1.54) is 71.2 Å². The fourth-order valence-corrected chi connectivity index (χ4v) is 4.05. The molecule has 3 nitrogen and oxygen atoms in total. The average molecular weight is 265 g/mol. The first-order chi connectivity index (χ1) is 9.36. The van der Waals surface area contributed by atoms with Crippen LogP contribution in [0.1, 0.15) is 45.4 Å². The lowest BCUT2D eigenvalue weighted by Crippen LogP contribution is -2.47. The first-order valence-electron chi connectivity index (χ1n) is 8.56. The van der Waals surface area contributed by atoms with E-state index in [0.29, 0.717) is 0 Å². The Morgan fingerprint density at radius 3 is 2.47 bits per heavy atom. The quantitative estimate of drug-likeness (QED) is 0.792. The fraction of sp³-hybridized carbons (Fsp3) is 1.00. The molecule has 1 aliphatic heterocycles. The molecule has 0 radical (unpaired) electrons. The van der Waals surface area contributed by atoms with Gasteiger partial charge in [0.15, 0.2) is 0 Å². The van der Waals surface area contributed by atoms with Crippen LogP contribution in [0.15, 0.2) is 0 Å². The second-order valence-electron chi connectivity index (χ2n) is 6.75. The highest BCUT2D eigenvalue weighted by Gasteiger charge is 2.32. The number of nitrogens with one attached hydrogen (secondary N) is 1. The molecule has 0 aromatic carbocycles. The molecule has 2 saturated carbocycles. The van der Waals surface area contributed by atoms with E-state index in [1.807, 2.05) is 0 Å². The molecule has 0 spiro atoms. The molecule has 2 unspecified atom stereocenters. The molecule has 3 aliphatic rings. The molecule has 110 valence electrons. The van der Waals surface area contributed by atoms with Gasteiger partial charge in [-0.05, 0) is 51.1 Å². The number of hydrogen-bond acceptors (Lipinski definition) is 3. The van der Waals surface area contributed by atoms with Crippen LogP contribution in [0, 0.1) is 5.92 Å². The first kappa shape index (κ1) is 13.8. The summed E-state index contributed by atoms with van der Waals surface area (Å²) in [7, 11) is 0. The molecule has 3 heteroatoms. The van der Waals surface area contributed by atoms with Gasteiger partial charge in [-0.1, -0.05) is 13.3 Å². The zero-order chi connectivity index (χ0) is 13.1. The minimum atomic E-state index is 0.817. The summed E-state index contributed by atoms with van der Waals surface area (Å²) in [5, 5.41) is 3.69. The van der Waals surface area contributed by atoms with E-state index in [9.17, 15) is 0 Å². The second kappa shape index (κ2) is 6.55. The minimum Gasteiger partial charge on any atom is -0.314 e. The highest BCUT2D eigenvalue weighted by atomic mass is 15.3. The summed E-state index contributed by atoms with van der Waals surface area (Å²) in [5.41, 5.74) is 0. The molecule has 0 amide bonds. The summed E-state index contributed by atoms with van der Waals surface area (Å²) in [6, 6.07) is 1.79. The van der Waals surface area contributed by atoms with Gasteiger partial charge in [-0.2, -0.15) is 0 Å². The molecule has 0 bridgehead atoms. The van der Waals surface area contributed by atoms with Crippen molar-refractivity contribution in [2.75, 3.05) is 39.3 Å². The maximum absolute atomic E-state index is 3.69. The topological polar surface area (TPSA) is 18.5 Å². The minimum absolute atomic E-state index is 0.817. The van der Waals surface area contributed by atoms with E-state index in [-0.39, 0.29) is 0 Å². The summed E-state index contributed by atoms with van der Waals surface area (Å²) >= 11 is 0. The van der Waals surface area contributed by atoms with Crippen LogP contribution in [-0.4, -0.2) is 61.2 Å². The molecule has 3 fully saturated rings. The summed E-state index contributed by atoms with van der Waals surface area (Å²) in [6.07, 6.45) is 8.66. The Labute approximate surface area is 118 Å². The number of hydrogen-bond donors (Lipinski definition) is 1. The Balaban J connectivity index is 1.35. The number of piperazine rings is 1. The van der Waals surface area contributed by atoms with Gasteiger partial charge in [0.25, 0.3) is 0 Å². The highest BCUT2D eigenvalue weighted by Crippen LogP contribution is 2.30. The Morgan fingerprint density at radius 2 is 1.79 bits per heavy atom. The van der Waals surface area contributed by atoms with Crippen LogP contribution in [0.3, 0.4) is 0 Å². The third-order valence-electron chi connectivity index (χ3n) is 5.41. The molecule has 2 aliphatic carbocycles. The Hall–Kier alpha value is -0.120. The lowest BCUT2D eigenvalue weighted by atomic mass is 9.99. The van der Waals surface area contributed by atoms with E-state index >= 15 is 0 Å². The van der Waals surface area contributed by atoms with Crippen molar-refractivity contribution in [3.8, 4) is 0 Å². The van der Waals surface area contributed by atoms with Gasteiger partial charge >= 0.3 is 0 Å². The normalized spacial score (nSPS) is 33.9. The molecule has 19 heavy (non-hydrogen) atoms. The second-order valence-corrected chi connectivity index (χ2v) is 6.75. The molecule has 0 aromatic heterocycles. The Bertz CT molecular complexity index is 269. The average Bonchev–Trinajstić information content (AvgIpc) is 3.19. The van der Waals surface area contributed by atoms with Crippen LogP contribution < -0.4 is 5.32 Å². The van der Waals surface area contributed by atoms with E-state index in [2.05, 4.69) is 22.0 Å². The third-order valence-corrected chi connectivity index (χ3v) is 5.41. The summed E-state index contributed by atoms with van der Waals surface area (Å²) in [5.74, 6) is 0.946. The Morgan fingerprint density at radius 1 is 1.00 bits per heavy atom. The molecule has 1 heterocycles. The maximum atomic E-state index is 3.69. The van der Waals surface area contributed by atoms with Gasteiger partial charge in [0.05, 0.1) is 0 Å². The first-order valence-corrected chi connectivity index (χ1v) is 8.56. The van der Waals surface area contributed by atoms with Gasteiger partial charge in [-0.3, -0.25) is 4.90 Å². The largest absolute Gasteiger partial charge is 0.314 e. The third kappa shape index (κ3) is 3.71. The van der Waals surface area contributed by atoms with Crippen molar-refractivity contribution in [2.24, 2.45) is 5.92 Å². The lowest BCUT2D eigenvalue weighted by Gasteiger charge is -2.35. The van der Waals surface area contributed by atoms with Gasteiger partial charge in [-0.15, -0.1) is 0 Å². The number of rotatable bonds is 6. The smallest absolute Gasteiger partial charge is 0.0113 e. The van der Waals surface area contributed by atoms with Gasteiger partial charge in [0, 0.05) is 38.3 Å². The summed E-state index contributed by atoms with van der Waals surface area (Å²) in [6.45, 7) is 10.0. The van der Waals surface area contributed by atoms with Crippen LogP contribution in [-0.2, 0) is 0 Å².